The molecule has 0 fully saturated rings. The topological polar surface area (TPSA) is 105 Å². The van der Waals surface area contributed by atoms with Crippen molar-refractivity contribution in [2.45, 2.75) is 20.3 Å². The van der Waals surface area contributed by atoms with E-state index in [1.165, 1.54) is 6.20 Å². The van der Waals surface area contributed by atoms with Gasteiger partial charge in [-0.1, -0.05) is 12.1 Å². The van der Waals surface area contributed by atoms with Crippen LogP contribution in [-0.4, -0.2) is 33.7 Å². The van der Waals surface area contributed by atoms with Gasteiger partial charge in [0.2, 0.25) is 0 Å². The predicted octanol–water partition coefficient (Wildman–Crippen LogP) is 1.37. The van der Waals surface area contributed by atoms with Gasteiger partial charge in [-0.15, -0.1) is 0 Å². The van der Waals surface area contributed by atoms with Crippen molar-refractivity contribution in [3.63, 3.8) is 0 Å². The number of hydrogen-bond donors (Lipinski definition) is 2. The van der Waals surface area contributed by atoms with Crippen LogP contribution >= 0.6 is 0 Å². The van der Waals surface area contributed by atoms with Gasteiger partial charge in [0.25, 0.3) is 11.6 Å². The fourth-order valence-electron chi connectivity index (χ4n) is 1.70. The monoisotopic (exact) mass is 277 g/mol. The molecule has 2 rings (SSSR count). The van der Waals surface area contributed by atoms with Crippen molar-refractivity contribution >= 4 is 23.0 Å². The first-order valence-corrected chi connectivity index (χ1v) is 6.22. The van der Waals surface area contributed by atoms with Gasteiger partial charge in [-0.25, -0.2) is 4.98 Å². The van der Waals surface area contributed by atoms with Crippen molar-refractivity contribution in [2.75, 3.05) is 6.54 Å². The number of aliphatic carboxylic acids is 1. The van der Waals surface area contributed by atoms with Crippen LogP contribution in [0.2, 0.25) is 0 Å². The number of carboxylic acids is 1. The van der Waals surface area contributed by atoms with E-state index in [0.29, 0.717) is 35.3 Å². The Morgan fingerprint density at radius 3 is 2.95 bits per heavy atom. The first kappa shape index (κ1) is 14.0. The van der Waals surface area contributed by atoms with E-state index in [1.54, 1.807) is 19.9 Å². The van der Waals surface area contributed by atoms with Crippen LogP contribution in [0.5, 0.6) is 0 Å². The number of carbonyl (C=O) groups excluding carboxylic acids is 1. The minimum atomic E-state index is -0.873. The van der Waals surface area contributed by atoms with Crippen LogP contribution in [0.15, 0.2) is 16.8 Å². The molecule has 0 aliphatic carbocycles. The number of carboxylic acid groups (broad SMARTS) is 1. The molecule has 0 aliphatic rings. The maximum atomic E-state index is 11.9. The lowest BCUT2D eigenvalue weighted by atomic mass is 10.1. The molecular formula is C13H15N3O4. The number of amides is 1. The minimum absolute atomic E-state index is 0.294. The van der Waals surface area contributed by atoms with E-state index in [0.717, 1.165) is 0 Å². The molecule has 0 bridgehead atoms. The lowest BCUT2D eigenvalue weighted by molar-refractivity contribution is -0.141. The summed E-state index contributed by atoms with van der Waals surface area (Å²) in [6, 6.07) is 1.66. The van der Waals surface area contributed by atoms with Crippen LogP contribution in [-0.2, 0) is 4.79 Å². The van der Waals surface area contributed by atoms with Gasteiger partial charge in [0, 0.05) is 12.7 Å². The van der Waals surface area contributed by atoms with E-state index >= 15 is 0 Å². The third-order valence-corrected chi connectivity index (χ3v) is 3.06. The summed E-state index contributed by atoms with van der Waals surface area (Å²) >= 11 is 0. The molecule has 7 heteroatoms. The number of carbonyl (C=O) groups is 2. The SMILES string of the molecule is Cc1noc2ncc(C(=O)NCCC(C)C(=O)O)cc12. The molecule has 2 N–H and O–H groups in total. The Kier molecular flexibility index (Phi) is 3.97. The molecule has 2 heterocycles. The number of aryl methyl sites for hydroxylation is 1. The second kappa shape index (κ2) is 5.68. The van der Waals surface area contributed by atoms with Crippen molar-refractivity contribution in [3.8, 4) is 0 Å². The largest absolute Gasteiger partial charge is 0.481 e. The predicted molar refractivity (Wildman–Crippen MR) is 70.3 cm³/mol. The highest BCUT2D eigenvalue weighted by atomic mass is 16.5. The zero-order valence-electron chi connectivity index (χ0n) is 11.2. The molecular weight excluding hydrogens is 262 g/mol. The van der Waals surface area contributed by atoms with Crippen LogP contribution < -0.4 is 5.32 Å². The van der Waals surface area contributed by atoms with Gasteiger partial charge >= 0.3 is 5.97 Å². The number of rotatable bonds is 5. The summed E-state index contributed by atoms with van der Waals surface area (Å²) in [5.41, 5.74) is 1.45. The highest BCUT2D eigenvalue weighted by Crippen LogP contribution is 2.16. The van der Waals surface area contributed by atoms with Crippen molar-refractivity contribution in [1.82, 2.24) is 15.5 Å². The second-order valence-corrected chi connectivity index (χ2v) is 4.63. The fraction of sp³-hybridized carbons (Fsp3) is 0.385. The van der Waals surface area contributed by atoms with E-state index in [1.807, 2.05) is 0 Å². The summed E-state index contributed by atoms with van der Waals surface area (Å²) in [7, 11) is 0. The number of nitrogens with one attached hydrogen (secondary N) is 1. The van der Waals surface area contributed by atoms with E-state index in [-0.39, 0.29) is 5.91 Å². The van der Waals surface area contributed by atoms with Crippen LogP contribution in [0.25, 0.3) is 11.1 Å². The fourth-order valence-corrected chi connectivity index (χ4v) is 1.70. The molecule has 0 aliphatic heterocycles. The van der Waals surface area contributed by atoms with Gasteiger partial charge in [-0.2, -0.15) is 0 Å². The normalized spacial score (nSPS) is 12.3. The zero-order valence-corrected chi connectivity index (χ0v) is 11.2. The van der Waals surface area contributed by atoms with Crippen LogP contribution in [0.4, 0.5) is 0 Å². The highest BCUT2D eigenvalue weighted by molar-refractivity contribution is 5.96. The molecule has 2 aromatic rings. The third kappa shape index (κ3) is 2.93. The second-order valence-electron chi connectivity index (χ2n) is 4.63. The first-order valence-electron chi connectivity index (χ1n) is 6.22. The molecule has 0 aromatic carbocycles. The van der Waals surface area contributed by atoms with Gasteiger partial charge < -0.3 is 14.9 Å². The molecule has 0 saturated heterocycles. The smallest absolute Gasteiger partial charge is 0.306 e. The summed E-state index contributed by atoms with van der Waals surface area (Å²) in [6.07, 6.45) is 1.78. The Morgan fingerprint density at radius 1 is 1.50 bits per heavy atom. The van der Waals surface area contributed by atoms with Gasteiger partial charge in [0.15, 0.2) is 0 Å². The van der Waals surface area contributed by atoms with Gasteiger partial charge in [-0.05, 0) is 19.4 Å². The molecule has 0 spiro atoms. The van der Waals surface area contributed by atoms with Gasteiger partial charge in [-0.3, -0.25) is 9.59 Å². The Morgan fingerprint density at radius 2 is 2.25 bits per heavy atom. The third-order valence-electron chi connectivity index (χ3n) is 3.06. The molecule has 0 radical (unpaired) electrons. The van der Waals surface area contributed by atoms with Crippen molar-refractivity contribution in [1.29, 1.82) is 0 Å². The first-order chi connectivity index (χ1) is 9.49. The average Bonchev–Trinajstić information content (AvgIpc) is 2.79. The molecule has 1 atom stereocenters. The Hall–Kier alpha value is -2.44. The van der Waals surface area contributed by atoms with Crippen LogP contribution in [0, 0.1) is 12.8 Å². The van der Waals surface area contributed by atoms with Crippen molar-refractivity contribution in [3.05, 3.63) is 23.5 Å². The van der Waals surface area contributed by atoms with Gasteiger partial charge in [0.05, 0.1) is 22.6 Å². The molecule has 106 valence electrons. The number of hydrogen-bond acceptors (Lipinski definition) is 5. The average molecular weight is 277 g/mol. The zero-order chi connectivity index (χ0) is 14.7. The Bertz CT molecular complexity index is 650. The van der Waals surface area contributed by atoms with E-state index in [4.69, 9.17) is 9.63 Å². The molecule has 20 heavy (non-hydrogen) atoms. The minimum Gasteiger partial charge on any atom is -0.481 e. The van der Waals surface area contributed by atoms with Crippen LogP contribution in [0.1, 0.15) is 29.4 Å². The number of fused-ring (bicyclic) bond motifs is 1. The van der Waals surface area contributed by atoms with Crippen LogP contribution in [0.3, 0.4) is 0 Å². The lowest BCUT2D eigenvalue weighted by Crippen LogP contribution is -2.27. The van der Waals surface area contributed by atoms with Crippen molar-refractivity contribution in [2.24, 2.45) is 5.92 Å². The summed E-state index contributed by atoms with van der Waals surface area (Å²) < 4.78 is 4.96. The Balaban J connectivity index is 2.00. The summed E-state index contributed by atoms with van der Waals surface area (Å²) in [6.45, 7) is 3.67. The quantitative estimate of drug-likeness (QED) is 0.855. The molecule has 7 nitrogen and oxygen atoms in total. The standard InChI is InChI=1S/C13H15N3O4/c1-7(13(18)19)3-4-14-11(17)9-5-10-8(2)16-20-12(10)15-6-9/h5-7H,3-4H2,1-2H3,(H,14,17)(H,18,19). The molecule has 0 saturated carbocycles. The number of aromatic nitrogens is 2. The molecule has 1 unspecified atom stereocenters. The van der Waals surface area contributed by atoms with E-state index in [2.05, 4.69) is 15.5 Å². The van der Waals surface area contributed by atoms with E-state index in [9.17, 15) is 9.59 Å². The maximum Gasteiger partial charge on any atom is 0.306 e. The summed E-state index contributed by atoms with van der Waals surface area (Å²) in [5, 5.41) is 15.9. The van der Waals surface area contributed by atoms with E-state index < -0.39 is 11.9 Å². The molecule has 2 aromatic heterocycles. The summed E-state index contributed by atoms with van der Waals surface area (Å²) in [5.74, 6) is -1.66. The Labute approximate surface area is 115 Å². The highest BCUT2D eigenvalue weighted by Gasteiger charge is 2.13. The van der Waals surface area contributed by atoms with Gasteiger partial charge in [0.1, 0.15) is 0 Å². The number of nitrogens with zero attached hydrogens (tertiary/aromatic N) is 2. The lowest BCUT2D eigenvalue weighted by Gasteiger charge is -2.07. The maximum absolute atomic E-state index is 11.9. The molecule has 1 amide bonds. The van der Waals surface area contributed by atoms with Crippen molar-refractivity contribution < 1.29 is 19.2 Å². The summed E-state index contributed by atoms with van der Waals surface area (Å²) in [4.78, 5) is 26.6. The number of pyridine rings is 1.